The van der Waals surface area contributed by atoms with Crippen molar-refractivity contribution in [2.75, 3.05) is 4.72 Å². The van der Waals surface area contributed by atoms with Gasteiger partial charge in [0.25, 0.3) is 10.0 Å². The highest BCUT2D eigenvalue weighted by Crippen LogP contribution is 2.27. The highest BCUT2D eigenvalue weighted by Gasteiger charge is 2.20. The SMILES string of the molecule is Cc1cc(C)c(S(=O)(=O)Nc2cccc(-c3ccc4nnc(-c5cccnc5)n4n3)c2)c(C)c1. The van der Waals surface area contributed by atoms with Crippen molar-refractivity contribution in [1.29, 1.82) is 0 Å². The van der Waals surface area contributed by atoms with Crippen molar-refractivity contribution in [3.05, 3.63) is 89.7 Å². The molecular formula is C25H22N6O2S. The Kier molecular flexibility index (Phi) is 5.33. The summed E-state index contributed by atoms with van der Waals surface area (Å²) in [6, 6.07) is 18.3. The van der Waals surface area contributed by atoms with Gasteiger partial charge in [-0.1, -0.05) is 29.8 Å². The number of nitrogens with zero attached hydrogens (tertiary/aromatic N) is 5. The molecule has 0 bridgehead atoms. The second kappa shape index (κ2) is 8.35. The quantitative estimate of drug-likeness (QED) is 0.403. The molecule has 0 saturated carbocycles. The number of nitrogens with one attached hydrogen (secondary N) is 1. The molecule has 1 N–H and O–H groups in total. The molecule has 9 heteroatoms. The van der Waals surface area contributed by atoms with Gasteiger partial charge in [0.05, 0.1) is 10.6 Å². The summed E-state index contributed by atoms with van der Waals surface area (Å²) in [5.41, 5.74) is 5.71. The number of rotatable bonds is 5. The van der Waals surface area contributed by atoms with Crippen LogP contribution in [0, 0.1) is 20.8 Å². The summed E-state index contributed by atoms with van der Waals surface area (Å²) >= 11 is 0. The molecule has 0 amide bonds. The lowest BCUT2D eigenvalue weighted by atomic mass is 10.1. The standard InChI is InChI=1S/C25H22N6O2S/c1-16-12-17(2)24(18(3)13-16)34(32,33)30-21-8-4-6-19(14-21)22-9-10-23-27-28-25(31(23)29-22)20-7-5-11-26-15-20/h4-15,30H,1-3H3. The lowest BCUT2D eigenvalue weighted by molar-refractivity contribution is 0.600. The molecule has 0 atom stereocenters. The van der Waals surface area contributed by atoms with Crippen molar-refractivity contribution in [3.63, 3.8) is 0 Å². The Morgan fingerprint density at radius 1 is 0.853 bits per heavy atom. The number of aryl methyl sites for hydroxylation is 3. The summed E-state index contributed by atoms with van der Waals surface area (Å²) in [5, 5.41) is 13.1. The van der Waals surface area contributed by atoms with E-state index in [-0.39, 0.29) is 0 Å². The summed E-state index contributed by atoms with van der Waals surface area (Å²) in [6.45, 7) is 5.57. The van der Waals surface area contributed by atoms with Gasteiger partial charge in [0, 0.05) is 29.2 Å². The second-order valence-corrected chi connectivity index (χ2v) is 9.79. The molecule has 0 aliphatic rings. The normalized spacial score (nSPS) is 11.6. The van der Waals surface area contributed by atoms with E-state index in [2.05, 4.69) is 19.9 Å². The Balaban J connectivity index is 1.51. The van der Waals surface area contributed by atoms with Crippen LogP contribution >= 0.6 is 0 Å². The largest absolute Gasteiger partial charge is 0.280 e. The van der Waals surface area contributed by atoms with Crippen molar-refractivity contribution < 1.29 is 8.42 Å². The van der Waals surface area contributed by atoms with Crippen molar-refractivity contribution in [2.45, 2.75) is 25.7 Å². The maximum absolute atomic E-state index is 13.2. The molecule has 0 spiro atoms. The van der Waals surface area contributed by atoms with Crippen molar-refractivity contribution >= 4 is 21.4 Å². The van der Waals surface area contributed by atoms with Crippen LogP contribution < -0.4 is 4.72 Å². The minimum absolute atomic E-state index is 0.300. The Morgan fingerprint density at radius 2 is 1.62 bits per heavy atom. The van der Waals surface area contributed by atoms with Gasteiger partial charge in [-0.05, 0) is 68.3 Å². The van der Waals surface area contributed by atoms with E-state index in [1.165, 1.54) is 0 Å². The van der Waals surface area contributed by atoms with Crippen LogP contribution in [0.1, 0.15) is 16.7 Å². The Bertz CT molecular complexity index is 1610. The molecule has 5 aromatic rings. The van der Waals surface area contributed by atoms with Gasteiger partial charge in [-0.25, -0.2) is 8.42 Å². The Hall–Kier alpha value is -4.11. The van der Waals surface area contributed by atoms with Gasteiger partial charge in [-0.3, -0.25) is 9.71 Å². The number of anilines is 1. The number of pyridine rings is 1. The molecule has 0 fully saturated rings. The molecular weight excluding hydrogens is 448 g/mol. The summed E-state index contributed by atoms with van der Waals surface area (Å²) in [6.07, 6.45) is 3.40. The van der Waals surface area contributed by atoms with E-state index in [0.29, 0.717) is 38.9 Å². The highest BCUT2D eigenvalue weighted by molar-refractivity contribution is 7.92. The fraction of sp³-hybridized carbons (Fsp3) is 0.120. The van der Waals surface area contributed by atoms with E-state index in [1.807, 2.05) is 63.2 Å². The highest BCUT2D eigenvalue weighted by atomic mass is 32.2. The average Bonchev–Trinajstić information content (AvgIpc) is 3.22. The van der Waals surface area contributed by atoms with Crippen LogP contribution in [0.3, 0.4) is 0 Å². The second-order valence-electron chi connectivity index (χ2n) is 8.17. The molecule has 3 heterocycles. The molecule has 5 rings (SSSR count). The molecule has 8 nitrogen and oxygen atoms in total. The molecule has 34 heavy (non-hydrogen) atoms. The Labute approximate surface area is 197 Å². The fourth-order valence-corrected chi connectivity index (χ4v) is 5.66. The van der Waals surface area contributed by atoms with Crippen molar-refractivity contribution in [1.82, 2.24) is 24.8 Å². The van der Waals surface area contributed by atoms with Crippen LogP contribution in [0.15, 0.2) is 78.0 Å². The number of sulfonamides is 1. The summed E-state index contributed by atoms with van der Waals surface area (Å²) in [5.74, 6) is 0.576. The molecule has 0 aliphatic heterocycles. The van der Waals surface area contributed by atoms with E-state index in [1.54, 1.807) is 35.1 Å². The van der Waals surface area contributed by atoms with E-state index < -0.39 is 10.0 Å². The van der Waals surface area contributed by atoms with Crippen LogP contribution in [-0.2, 0) is 10.0 Å². The van der Waals surface area contributed by atoms with Gasteiger partial charge >= 0.3 is 0 Å². The molecule has 0 saturated heterocycles. The topological polar surface area (TPSA) is 102 Å². The molecule has 3 aromatic heterocycles. The number of aromatic nitrogens is 5. The molecule has 170 valence electrons. The first-order valence-corrected chi connectivity index (χ1v) is 12.1. The van der Waals surface area contributed by atoms with Gasteiger partial charge in [0.2, 0.25) is 0 Å². The maximum atomic E-state index is 13.2. The van der Waals surface area contributed by atoms with Gasteiger partial charge < -0.3 is 0 Å². The summed E-state index contributed by atoms with van der Waals surface area (Å²) < 4.78 is 30.8. The number of benzene rings is 2. The lowest BCUT2D eigenvalue weighted by Gasteiger charge is -2.14. The van der Waals surface area contributed by atoms with Crippen LogP contribution in [0.25, 0.3) is 28.3 Å². The van der Waals surface area contributed by atoms with E-state index in [9.17, 15) is 8.42 Å². The predicted octanol–water partition coefficient (Wildman–Crippen LogP) is 4.58. The van der Waals surface area contributed by atoms with E-state index in [4.69, 9.17) is 5.10 Å². The minimum atomic E-state index is -3.76. The average molecular weight is 471 g/mol. The zero-order chi connectivity index (χ0) is 23.9. The van der Waals surface area contributed by atoms with Gasteiger partial charge in [0.15, 0.2) is 11.5 Å². The van der Waals surface area contributed by atoms with Gasteiger partial charge in [-0.15, -0.1) is 10.2 Å². The van der Waals surface area contributed by atoms with Crippen LogP contribution in [0.2, 0.25) is 0 Å². The third-order valence-corrected chi connectivity index (χ3v) is 7.15. The predicted molar refractivity (Wildman–Crippen MR) is 131 cm³/mol. The lowest BCUT2D eigenvalue weighted by Crippen LogP contribution is -2.16. The Morgan fingerprint density at radius 3 is 2.35 bits per heavy atom. The summed E-state index contributed by atoms with van der Waals surface area (Å²) in [4.78, 5) is 4.44. The fourth-order valence-electron chi connectivity index (χ4n) is 4.16. The van der Waals surface area contributed by atoms with Crippen LogP contribution in [0.4, 0.5) is 5.69 Å². The summed E-state index contributed by atoms with van der Waals surface area (Å²) in [7, 11) is -3.76. The smallest absolute Gasteiger partial charge is 0.262 e. The number of hydrogen-bond acceptors (Lipinski definition) is 6. The minimum Gasteiger partial charge on any atom is -0.280 e. The third kappa shape index (κ3) is 4.01. The molecule has 0 aliphatic carbocycles. The first-order chi connectivity index (χ1) is 16.3. The van der Waals surface area contributed by atoms with Gasteiger partial charge in [-0.2, -0.15) is 9.61 Å². The maximum Gasteiger partial charge on any atom is 0.262 e. The first-order valence-electron chi connectivity index (χ1n) is 10.7. The van der Waals surface area contributed by atoms with E-state index >= 15 is 0 Å². The number of hydrogen-bond donors (Lipinski definition) is 1. The molecule has 0 radical (unpaired) electrons. The third-order valence-electron chi connectivity index (χ3n) is 5.47. The zero-order valence-corrected chi connectivity index (χ0v) is 19.7. The van der Waals surface area contributed by atoms with E-state index in [0.717, 1.165) is 16.7 Å². The first kappa shape index (κ1) is 21.7. The number of fused-ring (bicyclic) bond motifs is 1. The van der Waals surface area contributed by atoms with Crippen molar-refractivity contribution in [3.8, 4) is 22.6 Å². The van der Waals surface area contributed by atoms with Gasteiger partial charge in [0.1, 0.15) is 0 Å². The monoisotopic (exact) mass is 470 g/mol. The van der Waals surface area contributed by atoms with Crippen molar-refractivity contribution in [2.24, 2.45) is 0 Å². The zero-order valence-electron chi connectivity index (χ0n) is 18.9. The van der Waals surface area contributed by atoms with Crippen LogP contribution in [-0.4, -0.2) is 33.2 Å². The molecule has 0 unspecified atom stereocenters. The molecule has 2 aromatic carbocycles. The van der Waals surface area contributed by atoms with Crippen LogP contribution in [0.5, 0.6) is 0 Å².